The smallest absolute Gasteiger partial charge is 0.229 e. The average Bonchev–Trinajstić information content (AvgIpc) is 2.56. The van der Waals surface area contributed by atoms with E-state index in [1.54, 1.807) is 32.5 Å². The van der Waals surface area contributed by atoms with Crippen LogP contribution in [0, 0.1) is 0 Å². The lowest BCUT2D eigenvalue weighted by atomic mass is 10.2. The molecule has 2 N–H and O–H groups in total. The molecule has 23 heavy (non-hydrogen) atoms. The standard InChI is InChI=1S/C16H21ClN4O2/c1-4-5-7-18-15-6-8-19-16(21-15)20-12-10-13(22-2)11(17)9-14(12)23-3/h6,8-10H,4-5,7H2,1-3H3,(H2,18,19,20,21). The Morgan fingerprint density at radius 3 is 2.65 bits per heavy atom. The molecule has 0 saturated heterocycles. The first-order valence-electron chi connectivity index (χ1n) is 7.43. The molecule has 1 aromatic carbocycles. The minimum atomic E-state index is 0.467. The van der Waals surface area contributed by atoms with E-state index in [2.05, 4.69) is 27.5 Å². The highest BCUT2D eigenvalue weighted by molar-refractivity contribution is 6.32. The second-order valence-corrected chi connectivity index (χ2v) is 5.27. The molecular weight excluding hydrogens is 316 g/mol. The molecule has 0 aliphatic rings. The fourth-order valence-electron chi connectivity index (χ4n) is 1.99. The number of ether oxygens (including phenoxy) is 2. The van der Waals surface area contributed by atoms with Crippen molar-refractivity contribution in [3.63, 3.8) is 0 Å². The van der Waals surface area contributed by atoms with Gasteiger partial charge >= 0.3 is 0 Å². The van der Waals surface area contributed by atoms with Crippen LogP contribution in [0.15, 0.2) is 24.4 Å². The third-order valence-electron chi connectivity index (χ3n) is 3.21. The van der Waals surface area contributed by atoms with E-state index in [0.29, 0.717) is 28.2 Å². The zero-order valence-corrected chi connectivity index (χ0v) is 14.3. The largest absolute Gasteiger partial charge is 0.495 e. The molecule has 0 unspecified atom stereocenters. The number of anilines is 3. The van der Waals surface area contributed by atoms with Crippen LogP contribution in [0.5, 0.6) is 11.5 Å². The van der Waals surface area contributed by atoms with Gasteiger partial charge in [0, 0.05) is 24.9 Å². The van der Waals surface area contributed by atoms with Gasteiger partial charge in [-0.25, -0.2) is 4.98 Å². The molecule has 124 valence electrons. The Hall–Kier alpha value is -2.21. The van der Waals surface area contributed by atoms with Crippen molar-refractivity contribution >= 4 is 29.1 Å². The third-order valence-corrected chi connectivity index (χ3v) is 3.51. The highest BCUT2D eigenvalue weighted by Crippen LogP contribution is 2.36. The van der Waals surface area contributed by atoms with E-state index in [0.717, 1.165) is 25.2 Å². The van der Waals surface area contributed by atoms with E-state index in [1.807, 2.05) is 6.07 Å². The van der Waals surface area contributed by atoms with Crippen LogP contribution in [-0.2, 0) is 0 Å². The Morgan fingerprint density at radius 2 is 1.96 bits per heavy atom. The van der Waals surface area contributed by atoms with Gasteiger partial charge in [0.2, 0.25) is 5.95 Å². The summed E-state index contributed by atoms with van der Waals surface area (Å²) in [6.07, 6.45) is 3.92. The van der Waals surface area contributed by atoms with Crippen LogP contribution < -0.4 is 20.1 Å². The quantitative estimate of drug-likeness (QED) is 0.707. The summed E-state index contributed by atoms with van der Waals surface area (Å²) in [4.78, 5) is 8.66. The van der Waals surface area contributed by atoms with Gasteiger partial charge in [-0.1, -0.05) is 24.9 Å². The summed E-state index contributed by atoms with van der Waals surface area (Å²) in [7, 11) is 3.14. The van der Waals surface area contributed by atoms with Crippen LogP contribution in [0.2, 0.25) is 5.02 Å². The molecule has 0 spiro atoms. The number of nitrogens with zero attached hydrogens (tertiary/aromatic N) is 2. The van der Waals surface area contributed by atoms with Crippen molar-refractivity contribution in [1.82, 2.24) is 9.97 Å². The summed E-state index contributed by atoms with van der Waals surface area (Å²) < 4.78 is 10.6. The number of benzene rings is 1. The SMILES string of the molecule is CCCCNc1ccnc(Nc2cc(OC)c(Cl)cc2OC)n1. The van der Waals surface area contributed by atoms with Crippen LogP contribution in [0.25, 0.3) is 0 Å². The number of unbranched alkanes of at least 4 members (excludes halogenated alkanes) is 1. The van der Waals surface area contributed by atoms with Gasteiger partial charge in [0.15, 0.2) is 0 Å². The predicted molar refractivity (Wildman–Crippen MR) is 93.3 cm³/mol. The highest BCUT2D eigenvalue weighted by atomic mass is 35.5. The Kier molecular flexibility index (Phi) is 6.29. The van der Waals surface area contributed by atoms with Gasteiger partial charge < -0.3 is 20.1 Å². The lowest BCUT2D eigenvalue weighted by Gasteiger charge is -2.13. The molecule has 0 atom stereocenters. The second kappa shape index (κ2) is 8.43. The highest BCUT2D eigenvalue weighted by Gasteiger charge is 2.11. The fourth-order valence-corrected chi connectivity index (χ4v) is 2.22. The maximum atomic E-state index is 6.11. The summed E-state index contributed by atoms with van der Waals surface area (Å²) in [6, 6.07) is 5.27. The van der Waals surface area contributed by atoms with Crippen molar-refractivity contribution in [2.45, 2.75) is 19.8 Å². The molecule has 0 radical (unpaired) electrons. The minimum Gasteiger partial charge on any atom is -0.495 e. The van der Waals surface area contributed by atoms with Gasteiger partial charge in [-0.15, -0.1) is 0 Å². The Labute approximate surface area is 141 Å². The third kappa shape index (κ3) is 4.63. The molecule has 0 aliphatic heterocycles. The average molecular weight is 337 g/mol. The first kappa shape index (κ1) is 17.1. The molecule has 2 rings (SSSR count). The van der Waals surface area contributed by atoms with E-state index in [9.17, 15) is 0 Å². The summed E-state index contributed by atoms with van der Waals surface area (Å²) in [6.45, 7) is 3.03. The number of halogens is 1. The van der Waals surface area contributed by atoms with Crippen LogP contribution >= 0.6 is 11.6 Å². The number of hydrogen-bond acceptors (Lipinski definition) is 6. The summed E-state index contributed by atoms with van der Waals surface area (Å²) >= 11 is 6.11. The van der Waals surface area contributed by atoms with E-state index in [4.69, 9.17) is 21.1 Å². The molecule has 6 nitrogen and oxygen atoms in total. The number of methoxy groups -OCH3 is 2. The predicted octanol–water partition coefficient (Wildman–Crippen LogP) is 4.10. The molecule has 7 heteroatoms. The maximum absolute atomic E-state index is 6.11. The van der Waals surface area contributed by atoms with Crippen molar-refractivity contribution in [3.8, 4) is 11.5 Å². The monoisotopic (exact) mass is 336 g/mol. The zero-order valence-electron chi connectivity index (χ0n) is 13.5. The molecule has 2 aromatic rings. The summed E-state index contributed by atoms with van der Waals surface area (Å²) in [5, 5.41) is 6.87. The van der Waals surface area contributed by atoms with Gasteiger partial charge in [-0.3, -0.25) is 0 Å². The molecule has 0 fully saturated rings. The van der Waals surface area contributed by atoms with Crippen LogP contribution in [0.3, 0.4) is 0 Å². The molecule has 0 bridgehead atoms. The minimum absolute atomic E-state index is 0.467. The number of hydrogen-bond donors (Lipinski definition) is 2. The molecule has 0 saturated carbocycles. The molecule has 1 heterocycles. The first-order valence-corrected chi connectivity index (χ1v) is 7.81. The summed E-state index contributed by atoms with van der Waals surface area (Å²) in [5.41, 5.74) is 0.680. The van der Waals surface area contributed by atoms with Crippen LogP contribution in [0.1, 0.15) is 19.8 Å². The van der Waals surface area contributed by atoms with Gasteiger partial charge in [-0.05, 0) is 12.5 Å². The van der Waals surface area contributed by atoms with Gasteiger partial charge in [0.05, 0.1) is 24.9 Å². The Morgan fingerprint density at radius 1 is 1.17 bits per heavy atom. The van der Waals surface area contributed by atoms with E-state index < -0.39 is 0 Å². The lowest BCUT2D eigenvalue weighted by Crippen LogP contribution is -2.05. The number of aromatic nitrogens is 2. The van der Waals surface area contributed by atoms with Crippen molar-refractivity contribution in [2.24, 2.45) is 0 Å². The molecule has 0 amide bonds. The molecule has 0 aliphatic carbocycles. The van der Waals surface area contributed by atoms with E-state index >= 15 is 0 Å². The van der Waals surface area contributed by atoms with Gasteiger partial charge in [0.1, 0.15) is 17.3 Å². The van der Waals surface area contributed by atoms with Crippen LogP contribution in [0.4, 0.5) is 17.5 Å². The number of nitrogens with one attached hydrogen (secondary N) is 2. The lowest BCUT2D eigenvalue weighted by molar-refractivity contribution is 0.405. The topological polar surface area (TPSA) is 68.3 Å². The van der Waals surface area contributed by atoms with Crippen molar-refractivity contribution in [1.29, 1.82) is 0 Å². The summed E-state index contributed by atoms with van der Waals surface area (Å²) in [5.74, 6) is 2.38. The van der Waals surface area contributed by atoms with E-state index in [-0.39, 0.29) is 0 Å². The van der Waals surface area contributed by atoms with Crippen molar-refractivity contribution in [2.75, 3.05) is 31.4 Å². The first-order chi connectivity index (χ1) is 11.2. The molecule has 1 aromatic heterocycles. The fraction of sp³-hybridized carbons (Fsp3) is 0.375. The van der Waals surface area contributed by atoms with Crippen LogP contribution in [-0.4, -0.2) is 30.7 Å². The number of rotatable bonds is 8. The maximum Gasteiger partial charge on any atom is 0.229 e. The van der Waals surface area contributed by atoms with Crippen molar-refractivity contribution in [3.05, 3.63) is 29.4 Å². The zero-order chi connectivity index (χ0) is 16.7. The normalized spacial score (nSPS) is 10.3. The van der Waals surface area contributed by atoms with E-state index in [1.165, 1.54) is 0 Å². The Bertz CT molecular complexity index is 652. The van der Waals surface area contributed by atoms with Crippen molar-refractivity contribution < 1.29 is 9.47 Å². The molecular formula is C16H21ClN4O2. The Balaban J connectivity index is 2.19. The van der Waals surface area contributed by atoms with Gasteiger partial charge in [0.25, 0.3) is 0 Å². The second-order valence-electron chi connectivity index (χ2n) is 4.86. The van der Waals surface area contributed by atoms with Gasteiger partial charge in [-0.2, -0.15) is 4.98 Å².